The monoisotopic (exact) mass is 591 g/mol. The predicted molar refractivity (Wildman–Crippen MR) is 170 cm³/mol. The minimum Gasteiger partial charge on any atom is -0.478 e. The van der Waals surface area contributed by atoms with Crippen molar-refractivity contribution >= 4 is 50.2 Å². The third-order valence-corrected chi connectivity index (χ3v) is 7.67. The first kappa shape index (κ1) is 27.4. The lowest BCUT2D eigenvalue weighted by atomic mass is 10.0. The van der Waals surface area contributed by atoms with E-state index in [0.717, 1.165) is 32.3 Å². The second-order valence-electron chi connectivity index (χ2n) is 10.6. The van der Waals surface area contributed by atoms with E-state index in [-0.39, 0.29) is 16.7 Å². The van der Waals surface area contributed by atoms with Gasteiger partial charge in [0.1, 0.15) is 0 Å². The van der Waals surface area contributed by atoms with Gasteiger partial charge in [-0.15, -0.1) is 0 Å². The molecule has 0 bridgehead atoms. The van der Waals surface area contributed by atoms with Crippen LogP contribution >= 0.6 is 0 Å². The Labute approximate surface area is 254 Å². The van der Waals surface area contributed by atoms with Crippen LogP contribution in [-0.2, 0) is 0 Å². The van der Waals surface area contributed by atoms with Crippen LogP contribution in [0.1, 0.15) is 31.1 Å². The third kappa shape index (κ3) is 5.19. The lowest BCUT2D eigenvalue weighted by Gasteiger charge is -2.11. The van der Waals surface area contributed by atoms with E-state index in [1.807, 2.05) is 54.6 Å². The molecule has 0 saturated heterocycles. The maximum atomic E-state index is 11.5. The average Bonchev–Trinajstić information content (AvgIpc) is 3.06. The Morgan fingerprint density at radius 1 is 0.356 bits per heavy atom. The number of carboxylic acid groups (broad SMARTS) is 3. The molecule has 0 spiro atoms. The average molecular weight is 592 g/mol. The van der Waals surface area contributed by atoms with Gasteiger partial charge >= 0.3 is 17.9 Å². The first-order chi connectivity index (χ1) is 21.7. The van der Waals surface area contributed by atoms with Gasteiger partial charge in [0.15, 0.2) is 17.5 Å². The molecule has 0 aliphatic carbocycles. The molecule has 9 heteroatoms. The summed E-state index contributed by atoms with van der Waals surface area (Å²) in [6.07, 6.45) is 0. The zero-order valence-electron chi connectivity index (χ0n) is 23.3. The summed E-state index contributed by atoms with van der Waals surface area (Å²) in [5.41, 5.74) is 2.69. The Kier molecular flexibility index (Phi) is 6.48. The maximum absolute atomic E-state index is 11.5. The summed E-state index contributed by atoms with van der Waals surface area (Å²) in [7, 11) is 0. The van der Waals surface area contributed by atoms with Crippen molar-refractivity contribution < 1.29 is 29.7 Å². The van der Waals surface area contributed by atoms with Crippen molar-refractivity contribution in [3.8, 4) is 34.2 Å². The van der Waals surface area contributed by atoms with E-state index >= 15 is 0 Å². The summed E-state index contributed by atoms with van der Waals surface area (Å²) >= 11 is 0. The van der Waals surface area contributed by atoms with Gasteiger partial charge in [-0.3, -0.25) is 0 Å². The summed E-state index contributed by atoms with van der Waals surface area (Å²) in [6, 6.07) is 31.4. The van der Waals surface area contributed by atoms with Gasteiger partial charge in [0, 0.05) is 16.7 Å². The van der Waals surface area contributed by atoms with E-state index in [4.69, 9.17) is 15.0 Å². The van der Waals surface area contributed by atoms with Crippen molar-refractivity contribution in [1.82, 2.24) is 15.0 Å². The number of hydrogen-bond donors (Lipinski definition) is 3. The van der Waals surface area contributed by atoms with Gasteiger partial charge in [0.2, 0.25) is 0 Å². The van der Waals surface area contributed by atoms with Crippen LogP contribution in [0.2, 0.25) is 0 Å². The van der Waals surface area contributed by atoms with Gasteiger partial charge in [-0.1, -0.05) is 54.6 Å². The summed E-state index contributed by atoms with van der Waals surface area (Å²) in [6.45, 7) is 0. The van der Waals surface area contributed by atoms with Crippen molar-refractivity contribution in [2.24, 2.45) is 0 Å². The molecule has 1 aromatic heterocycles. The maximum Gasteiger partial charge on any atom is 0.335 e. The second-order valence-corrected chi connectivity index (χ2v) is 10.6. The van der Waals surface area contributed by atoms with Gasteiger partial charge in [0.05, 0.1) is 16.7 Å². The predicted octanol–water partition coefficient (Wildman–Crippen LogP) is 7.43. The Morgan fingerprint density at radius 2 is 0.600 bits per heavy atom. The van der Waals surface area contributed by atoms with E-state index in [9.17, 15) is 29.7 Å². The van der Waals surface area contributed by atoms with Crippen LogP contribution < -0.4 is 0 Å². The van der Waals surface area contributed by atoms with Gasteiger partial charge in [-0.25, -0.2) is 29.3 Å². The van der Waals surface area contributed by atoms with Gasteiger partial charge < -0.3 is 15.3 Å². The molecule has 0 radical (unpaired) electrons. The molecule has 0 unspecified atom stereocenters. The van der Waals surface area contributed by atoms with Crippen LogP contribution in [-0.4, -0.2) is 48.2 Å². The molecule has 7 rings (SSSR count). The molecule has 0 fully saturated rings. The van der Waals surface area contributed by atoms with Crippen LogP contribution in [0.5, 0.6) is 0 Å². The molecule has 0 aliphatic heterocycles. The quantitative estimate of drug-likeness (QED) is 0.179. The van der Waals surface area contributed by atoms with Crippen LogP contribution in [0, 0.1) is 0 Å². The number of nitrogens with zero attached hydrogens (tertiary/aromatic N) is 3. The fourth-order valence-electron chi connectivity index (χ4n) is 5.32. The highest BCUT2D eigenvalue weighted by Crippen LogP contribution is 2.30. The highest BCUT2D eigenvalue weighted by Gasteiger charge is 2.15. The first-order valence-corrected chi connectivity index (χ1v) is 13.8. The topological polar surface area (TPSA) is 151 Å². The van der Waals surface area contributed by atoms with E-state index < -0.39 is 17.9 Å². The van der Waals surface area contributed by atoms with Crippen LogP contribution in [0.25, 0.3) is 66.5 Å². The van der Waals surface area contributed by atoms with E-state index in [0.29, 0.717) is 34.2 Å². The number of hydrogen-bond acceptors (Lipinski definition) is 6. The summed E-state index contributed by atoms with van der Waals surface area (Å²) in [4.78, 5) is 48.8. The molecule has 0 amide bonds. The number of carboxylic acids is 3. The number of fused-ring (bicyclic) bond motifs is 3. The third-order valence-electron chi connectivity index (χ3n) is 7.67. The zero-order chi connectivity index (χ0) is 31.2. The Hall–Kier alpha value is -6.48. The van der Waals surface area contributed by atoms with E-state index in [1.165, 1.54) is 0 Å². The van der Waals surface area contributed by atoms with Crippen molar-refractivity contribution in [2.45, 2.75) is 0 Å². The minimum atomic E-state index is -1.00. The van der Waals surface area contributed by atoms with Gasteiger partial charge in [0.25, 0.3) is 0 Å². The molecule has 9 nitrogen and oxygen atoms in total. The van der Waals surface area contributed by atoms with Crippen LogP contribution in [0.4, 0.5) is 0 Å². The molecule has 45 heavy (non-hydrogen) atoms. The van der Waals surface area contributed by atoms with E-state index in [2.05, 4.69) is 0 Å². The largest absolute Gasteiger partial charge is 0.478 e. The van der Waals surface area contributed by atoms with Crippen molar-refractivity contribution in [1.29, 1.82) is 0 Å². The second kappa shape index (κ2) is 10.7. The van der Waals surface area contributed by atoms with Crippen molar-refractivity contribution in [2.75, 3.05) is 0 Å². The van der Waals surface area contributed by atoms with Crippen LogP contribution in [0.3, 0.4) is 0 Å². The Bertz CT molecular complexity index is 2110. The summed E-state index contributed by atoms with van der Waals surface area (Å²) < 4.78 is 0. The molecule has 7 aromatic rings. The Balaban J connectivity index is 1.39. The SMILES string of the molecule is O=C(O)c1ccc2cc(-c3nc(-c4ccc5cc(C(=O)O)ccc5c4)nc(-c4ccc5cc(C(=O)O)ccc5c4)n3)ccc2c1. The highest BCUT2D eigenvalue weighted by atomic mass is 16.4. The normalized spacial score (nSPS) is 11.2. The minimum absolute atomic E-state index is 0.193. The molecule has 6 aromatic carbocycles. The molecule has 1 heterocycles. The molecular formula is C36H21N3O6. The first-order valence-electron chi connectivity index (χ1n) is 13.8. The summed E-state index contributed by atoms with van der Waals surface area (Å²) in [5.74, 6) is -1.80. The van der Waals surface area contributed by atoms with Crippen molar-refractivity contribution in [3.05, 3.63) is 126 Å². The van der Waals surface area contributed by atoms with Crippen LogP contribution in [0.15, 0.2) is 109 Å². The molecule has 3 N–H and O–H groups in total. The van der Waals surface area contributed by atoms with E-state index in [1.54, 1.807) is 54.6 Å². The number of benzene rings is 6. The lowest BCUT2D eigenvalue weighted by Crippen LogP contribution is -2.01. The number of aromatic carboxylic acids is 3. The fourth-order valence-corrected chi connectivity index (χ4v) is 5.32. The molecule has 216 valence electrons. The smallest absolute Gasteiger partial charge is 0.335 e. The highest BCUT2D eigenvalue weighted by molar-refractivity contribution is 5.98. The standard InChI is InChI=1S/C36H21N3O6/c40-34(41)28-10-4-19-13-25(7-1-22(19)16-28)31-37-32(26-8-2-23-17-29(35(42)43)11-5-20(23)14-26)39-33(38-31)27-9-3-24-18-30(36(44)45)12-6-21(24)15-27/h1-18H,(H,40,41)(H,42,43)(H,44,45). The number of rotatable bonds is 6. The lowest BCUT2D eigenvalue weighted by molar-refractivity contribution is 0.0686. The number of carbonyl (C=O) groups is 3. The Morgan fingerprint density at radius 3 is 0.867 bits per heavy atom. The van der Waals surface area contributed by atoms with Gasteiger partial charge in [-0.05, 0) is 86.9 Å². The molecule has 0 atom stereocenters. The zero-order valence-corrected chi connectivity index (χ0v) is 23.3. The molecular weight excluding hydrogens is 570 g/mol. The number of aromatic nitrogens is 3. The molecule has 0 saturated carbocycles. The summed E-state index contributed by atoms with van der Waals surface area (Å²) in [5, 5.41) is 32.9. The van der Waals surface area contributed by atoms with Gasteiger partial charge in [-0.2, -0.15) is 0 Å². The molecule has 0 aliphatic rings. The fraction of sp³-hybridized carbons (Fsp3) is 0. The van der Waals surface area contributed by atoms with Crippen molar-refractivity contribution in [3.63, 3.8) is 0 Å².